The maximum absolute atomic E-state index is 12.9. The molecule has 0 aliphatic carbocycles. The molecule has 0 radical (unpaired) electrons. The summed E-state index contributed by atoms with van der Waals surface area (Å²) in [5, 5.41) is 0.930. The molecule has 0 amide bonds. The van der Waals surface area contributed by atoms with Gasteiger partial charge in [-0.2, -0.15) is 0 Å². The average Bonchev–Trinajstić information content (AvgIpc) is 2.97. The average molecular weight is 533 g/mol. The van der Waals surface area contributed by atoms with Gasteiger partial charge in [0, 0.05) is 11.9 Å². The maximum Gasteiger partial charge on any atom is 0.356 e. The second-order valence-corrected chi connectivity index (χ2v) is 15.0. The molecule has 0 atom stereocenters. The van der Waals surface area contributed by atoms with Crippen molar-refractivity contribution < 1.29 is 18.7 Å². The number of rotatable bonds is 8. The summed E-state index contributed by atoms with van der Waals surface area (Å²) in [4.78, 5) is 12.9. The number of benzene rings is 2. The highest BCUT2D eigenvalue weighted by Crippen LogP contribution is 2.37. The zero-order chi connectivity index (χ0) is 24.4. The van der Waals surface area contributed by atoms with Gasteiger partial charge in [0.2, 0.25) is 8.32 Å². The highest BCUT2D eigenvalue weighted by molar-refractivity contribution is 9.10. The minimum atomic E-state index is -1.92. The van der Waals surface area contributed by atoms with Crippen LogP contribution in [0.4, 0.5) is 0 Å². The lowest BCUT2D eigenvalue weighted by Crippen LogP contribution is -2.38. The van der Waals surface area contributed by atoms with Gasteiger partial charge in [0.05, 0.1) is 23.7 Å². The number of carbonyl (C=O) groups excluding carboxylic acids is 1. The van der Waals surface area contributed by atoms with E-state index in [1.807, 2.05) is 54.0 Å². The lowest BCUT2D eigenvalue weighted by molar-refractivity contribution is 0.0514. The van der Waals surface area contributed by atoms with Crippen molar-refractivity contribution in [2.24, 2.45) is 5.41 Å². The van der Waals surface area contributed by atoms with E-state index in [0.29, 0.717) is 18.8 Å². The first-order valence-corrected chi connectivity index (χ1v) is 15.2. The summed E-state index contributed by atoms with van der Waals surface area (Å²) >= 11 is 3.69. The highest BCUT2D eigenvalue weighted by Gasteiger charge is 2.31. The van der Waals surface area contributed by atoms with E-state index in [4.69, 9.17) is 13.9 Å². The molecule has 33 heavy (non-hydrogen) atoms. The quantitative estimate of drug-likeness (QED) is 0.226. The Morgan fingerprint density at radius 2 is 1.82 bits per heavy atom. The molecule has 0 fully saturated rings. The van der Waals surface area contributed by atoms with E-state index in [1.54, 1.807) is 7.11 Å². The van der Waals surface area contributed by atoms with Gasteiger partial charge < -0.3 is 18.5 Å². The Morgan fingerprint density at radius 3 is 2.45 bits per heavy atom. The maximum atomic E-state index is 12.9. The molecule has 3 aromatic rings. The largest absolute Gasteiger partial charge is 0.544 e. The fourth-order valence-corrected chi connectivity index (χ4v) is 8.59. The minimum Gasteiger partial charge on any atom is -0.544 e. The van der Waals surface area contributed by atoms with Crippen LogP contribution in [0.5, 0.6) is 11.5 Å². The lowest BCUT2D eigenvalue weighted by atomic mass is 10.0. The summed E-state index contributed by atoms with van der Waals surface area (Å²) < 4.78 is 20.0. The number of nitrogens with zero attached hydrogens (tertiary/aromatic N) is 1. The molecule has 5 nitrogen and oxygen atoms in total. The van der Waals surface area contributed by atoms with Crippen LogP contribution in [0.25, 0.3) is 10.9 Å². The fraction of sp³-hybridized carbons (Fsp3) is 0.423. The van der Waals surface area contributed by atoms with Crippen LogP contribution in [0.2, 0.25) is 19.1 Å². The zero-order valence-electron chi connectivity index (χ0n) is 20.6. The number of hydrogen-bond donors (Lipinski definition) is 0. The van der Waals surface area contributed by atoms with Crippen LogP contribution in [0, 0.1) is 5.41 Å². The molecule has 0 saturated carbocycles. The van der Waals surface area contributed by atoms with Crippen LogP contribution in [0.1, 0.15) is 43.7 Å². The molecular weight excluding hydrogens is 498 g/mol. The summed E-state index contributed by atoms with van der Waals surface area (Å²) in [6, 6.07) is 15.0. The molecular formula is C26H34BrNO4Si. The van der Waals surface area contributed by atoms with Crippen LogP contribution in [-0.4, -0.2) is 32.6 Å². The third-order valence-electron chi connectivity index (χ3n) is 5.27. The van der Waals surface area contributed by atoms with E-state index in [1.165, 1.54) is 0 Å². The number of aromatic nitrogens is 1. The molecule has 1 aromatic heterocycles. The second kappa shape index (κ2) is 9.93. The predicted molar refractivity (Wildman–Crippen MR) is 140 cm³/mol. The first-order valence-electron chi connectivity index (χ1n) is 11.2. The van der Waals surface area contributed by atoms with Crippen molar-refractivity contribution in [3.8, 4) is 11.5 Å². The molecule has 0 unspecified atom stereocenters. The summed E-state index contributed by atoms with van der Waals surface area (Å²) in [7, 11) is -0.275. The van der Waals surface area contributed by atoms with Gasteiger partial charge in [0.15, 0.2) is 0 Å². The Morgan fingerprint density at radius 1 is 1.09 bits per heavy atom. The van der Waals surface area contributed by atoms with Gasteiger partial charge in [-0.1, -0.05) is 32.9 Å². The molecule has 2 aromatic carbocycles. The van der Waals surface area contributed by atoms with Crippen LogP contribution in [0.3, 0.4) is 0 Å². The van der Waals surface area contributed by atoms with Crippen molar-refractivity contribution in [2.75, 3.05) is 13.7 Å². The minimum absolute atomic E-state index is 0.206. The molecule has 3 rings (SSSR count). The van der Waals surface area contributed by atoms with E-state index in [0.717, 1.165) is 38.5 Å². The monoisotopic (exact) mass is 531 g/mol. The number of ether oxygens (including phenoxy) is 2. The standard InChI is InChI=1S/C26H34BrNO4Si/c1-8-31-25(29)24-23(27)21-15-20(32-33(6,7)17-26(2,3)4)12-13-22(21)28(24)16-18-10-9-11-19(14-18)30-5/h9-15H,8,16-17H2,1-7H3. The third kappa shape index (κ3) is 6.21. The molecule has 0 aliphatic rings. The first kappa shape index (κ1) is 25.4. The van der Waals surface area contributed by atoms with Gasteiger partial charge in [-0.3, -0.25) is 0 Å². The summed E-state index contributed by atoms with van der Waals surface area (Å²) in [5.74, 6) is 1.26. The molecule has 0 bridgehead atoms. The molecule has 0 N–H and O–H groups in total. The van der Waals surface area contributed by atoms with Crippen molar-refractivity contribution in [3.05, 3.63) is 58.2 Å². The van der Waals surface area contributed by atoms with E-state index in [-0.39, 0.29) is 11.4 Å². The highest BCUT2D eigenvalue weighted by atomic mass is 79.9. The van der Waals surface area contributed by atoms with E-state index < -0.39 is 8.32 Å². The van der Waals surface area contributed by atoms with Gasteiger partial charge in [-0.15, -0.1) is 0 Å². The van der Waals surface area contributed by atoms with Crippen LogP contribution < -0.4 is 9.16 Å². The predicted octanol–water partition coefficient (Wildman–Crippen LogP) is 7.27. The number of halogens is 1. The Bertz CT molecular complexity index is 1150. The number of fused-ring (bicyclic) bond motifs is 1. The van der Waals surface area contributed by atoms with Gasteiger partial charge in [0.1, 0.15) is 17.2 Å². The van der Waals surface area contributed by atoms with Crippen molar-refractivity contribution in [1.82, 2.24) is 4.57 Å². The van der Waals surface area contributed by atoms with E-state index in [9.17, 15) is 4.79 Å². The zero-order valence-corrected chi connectivity index (χ0v) is 23.2. The van der Waals surface area contributed by atoms with Crippen LogP contribution >= 0.6 is 15.9 Å². The number of methoxy groups -OCH3 is 1. The summed E-state index contributed by atoms with van der Waals surface area (Å²) in [6.07, 6.45) is 0. The lowest BCUT2D eigenvalue weighted by Gasteiger charge is -2.31. The Hall–Kier alpha value is -2.25. The van der Waals surface area contributed by atoms with Crippen molar-refractivity contribution in [3.63, 3.8) is 0 Å². The Kier molecular flexibility index (Phi) is 7.64. The molecule has 0 saturated heterocycles. The van der Waals surface area contributed by atoms with Gasteiger partial charge in [-0.05, 0) is 83.3 Å². The van der Waals surface area contributed by atoms with Gasteiger partial charge in [-0.25, -0.2) is 4.79 Å². The molecule has 178 valence electrons. The normalized spacial score (nSPS) is 12.1. The van der Waals surface area contributed by atoms with Crippen LogP contribution in [-0.2, 0) is 11.3 Å². The summed E-state index contributed by atoms with van der Waals surface area (Å²) in [5.41, 5.74) is 2.68. The SMILES string of the molecule is CCOC(=O)c1c(Br)c2cc(O[Si](C)(C)CC(C)(C)C)ccc2n1Cc1cccc(OC)c1. The molecule has 7 heteroatoms. The van der Waals surface area contributed by atoms with Crippen molar-refractivity contribution in [1.29, 1.82) is 0 Å². The van der Waals surface area contributed by atoms with Crippen LogP contribution in [0.15, 0.2) is 46.9 Å². The topological polar surface area (TPSA) is 49.7 Å². The molecule has 1 heterocycles. The number of hydrogen-bond acceptors (Lipinski definition) is 4. The number of esters is 1. The van der Waals surface area contributed by atoms with E-state index >= 15 is 0 Å². The molecule has 0 spiro atoms. The number of carbonyl (C=O) groups is 1. The molecule has 0 aliphatic heterocycles. The Balaban J connectivity index is 2.07. The summed E-state index contributed by atoms with van der Waals surface area (Å²) in [6.45, 7) is 13.9. The second-order valence-electron chi connectivity index (χ2n) is 10.1. The smallest absolute Gasteiger partial charge is 0.356 e. The fourth-order valence-electron chi connectivity index (χ4n) is 4.51. The van der Waals surface area contributed by atoms with E-state index in [2.05, 4.69) is 49.8 Å². The third-order valence-corrected chi connectivity index (χ3v) is 8.77. The van der Waals surface area contributed by atoms with Gasteiger partial charge >= 0.3 is 5.97 Å². The van der Waals surface area contributed by atoms with Crippen molar-refractivity contribution in [2.45, 2.75) is 53.4 Å². The Labute approximate surface area is 206 Å². The van der Waals surface area contributed by atoms with Gasteiger partial charge in [0.25, 0.3) is 0 Å². The first-order chi connectivity index (χ1) is 15.4. The van der Waals surface area contributed by atoms with Crippen molar-refractivity contribution >= 4 is 41.1 Å².